The van der Waals surface area contributed by atoms with Crippen molar-refractivity contribution in [1.82, 2.24) is 5.32 Å². The van der Waals surface area contributed by atoms with Gasteiger partial charge in [0.2, 0.25) is 0 Å². The topological polar surface area (TPSA) is 78.4 Å². The number of anilines is 1. The van der Waals surface area contributed by atoms with E-state index >= 15 is 0 Å². The molecule has 1 atom stereocenters. The third kappa shape index (κ3) is 4.49. The SMILES string of the molecule is CC(C)c1ccc(NC(=O)C(=O)NCC(O)(c2ccsc2)c2cccs2)cc1. The number of benzene rings is 1. The van der Waals surface area contributed by atoms with Gasteiger partial charge in [0, 0.05) is 16.1 Å². The molecule has 5 nitrogen and oxygen atoms in total. The van der Waals surface area contributed by atoms with E-state index in [4.69, 9.17) is 0 Å². The molecule has 28 heavy (non-hydrogen) atoms. The Bertz CT molecular complexity index is 883. The highest BCUT2D eigenvalue weighted by molar-refractivity contribution is 7.10. The number of carbonyl (C=O) groups is 2. The van der Waals surface area contributed by atoms with Crippen molar-refractivity contribution < 1.29 is 14.7 Å². The maximum absolute atomic E-state index is 12.3. The number of carbonyl (C=O) groups excluding carboxylic acids is 2. The van der Waals surface area contributed by atoms with Gasteiger partial charge in [-0.05, 0) is 51.9 Å². The van der Waals surface area contributed by atoms with Crippen LogP contribution in [0.15, 0.2) is 58.6 Å². The van der Waals surface area contributed by atoms with Crippen LogP contribution in [-0.4, -0.2) is 23.5 Å². The fraction of sp³-hybridized carbons (Fsp3) is 0.238. The Hall–Kier alpha value is -2.48. The first-order chi connectivity index (χ1) is 13.4. The van der Waals surface area contributed by atoms with Crippen LogP contribution in [0.2, 0.25) is 0 Å². The summed E-state index contributed by atoms with van der Waals surface area (Å²) in [6.07, 6.45) is 0. The minimum Gasteiger partial charge on any atom is -0.378 e. The Labute approximate surface area is 172 Å². The summed E-state index contributed by atoms with van der Waals surface area (Å²) >= 11 is 2.86. The first-order valence-corrected chi connectivity index (χ1v) is 10.7. The summed E-state index contributed by atoms with van der Waals surface area (Å²) in [5.41, 5.74) is 1.02. The van der Waals surface area contributed by atoms with Gasteiger partial charge in [0.15, 0.2) is 0 Å². The van der Waals surface area contributed by atoms with Crippen LogP contribution in [0, 0.1) is 0 Å². The fourth-order valence-corrected chi connectivity index (χ4v) is 4.34. The average molecular weight is 415 g/mol. The zero-order chi connectivity index (χ0) is 20.1. The van der Waals surface area contributed by atoms with Crippen molar-refractivity contribution in [3.05, 3.63) is 74.6 Å². The van der Waals surface area contributed by atoms with Gasteiger partial charge < -0.3 is 15.7 Å². The molecule has 0 saturated carbocycles. The molecule has 2 aromatic heterocycles. The van der Waals surface area contributed by atoms with Gasteiger partial charge in [0.05, 0.1) is 6.54 Å². The summed E-state index contributed by atoms with van der Waals surface area (Å²) in [4.78, 5) is 25.2. The van der Waals surface area contributed by atoms with E-state index in [1.54, 1.807) is 12.1 Å². The van der Waals surface area contributed by atoms with Crippen LogP contribution in [0.25, 0.3) is 0 Å². The molecular weight excluding hydrogens is 392 g/mol. The van der Waals surface area contributed by atoms with E-state index in [2.05, 4.69) is 24.5 Å². The molecule has 1 unspecified atom stereocenters. The van der Waals surface area contributed by atoms with Crippen molar-refractivity contribution in [2.75, 3.05) is 11.9 Å². The number of thiophene rings is 2. The third-order valence-corrected chi connectivity index (χ3v) is 6.18. The van der Waals surface area contributed by atoms with E-state index in [0.29, 0.717) is 22.0 Å². The van der Waals surface area contributed by atoms with Gasteiger partial charge in [-0.1, -0.05) is 32.0 Å². The molecule has 3 aromatic rings. The van der Waals surface area contributed by atoms with Crippen LogP contribution in [0.4, 0.5) is 5.69 Å². The molecule has 0 aliphatic heterocycles. The van der Waals surface area contributed by atoms with E-state index in [1.807, 2.05) is 46.5 Å². The quantitative estimate of drug-likeness (QED) is 0.535. The summed E-state index contributed by atoms with van der Waals surface area (Å²) in [6, 6.07) is 12.8. The molecule has 0 saturated heterocycles. The van der Waals surface area contributed by atoms with Crippen LogP contribution in [0.1, 0.15) is 35.8 Å². The molecule has 0 aliphatic rings. The van der Waals surface area contributed by atoms with E-state index in [9.17, 15) is 14.7 Å². The van der Waals surface area contributed by atoms with Gasteiger partial charge >= 0.3 is 11.8 Å². The monoisotopic (exact) mass is 414 g/mol. The smallest absolute Gasteiger partial charge is 0.313 e. The Morgan fingerprint density at radius 3 is 2.39 bits per heavy atom. The van der Waals surface area contributed by atoms with Crippen LogP contribution >= 0.6 is 22.7 Å². The molecule has 0 spiro atoms. The highest BCUT2D eigenvalue weighted by Gasteiger charge is 2.34. The first kappa shape index (κ1) is 20.3. The molecule has 146 valence electrons. The largest absolute Gasteiger partial charge is 0.378 e. The summed E-state index contributed by atoms with van der Waals surface area (Å²) < 4.78 is 0. The zero-order valence-corrected chi connectivity index (χ0v) is 17.3. The average Bonchev–Trinajstić information content (AvgIpc) is 3.40. The van der Waals surface area contributed by atoms with Crippen LogP contribution in [0.3, 0.4) is 0 Å². The fourth-order valence-electron chi connectivity index (χ4n) is 2.77. The molecule has 0 aliphatic carbocycles. The third-order valence-electron chi connectivity index (χ3n) is 4.47. The molecule has 0 fully saturated rings. The Balaban J connectivity index is 1.65. The summed E-state index contributed by atoms with van der Waals surface area (Å²) in [5, 5.41) is 21.9. The summed E-state index contributed by atoms with van der Waals surface area (Å²) in [5.74, 6) is -1.17. The van der Waals surface area contributed by atoms with Gasteiger partial charge in [0.1, 0.15) is 5.60 Å². The predicted molar refractivity (Wildman–Crippen MR) is 114 cm³/mol. The lowest BCUT2D eigenvalue weighted by atomic mass is 9.94. The predicted octanol–water partition coefficient (Wildman–Crippen LogP) is 3.92. The van der Waals surface area contributed by atoms with Gasteiger partial charge in [-0.15, -0.1) is 11.3 Å². The summed E-state index contributed by atoms with van der Waals surface area (Å²) in [7, 11) is 0. The van der Waals surface area contributed by atoms with E-state index < -0.39 is 17.4 Å². The zero-order valence-electron chi connectivity index (χ0n) is 15.6. The number of hydrogen-bond donors (Lipinski definition) is 3. The molecular formula is C21H22N2O3S2. The minimum atomic E-state index is -1.37. The second-order valence-electron chi connectivity index (χ2n) is 6.76. The Morgan fingerprint density at radius 1 is 1.07 bits per heavy atom. The molecule has 2 heterocycles. The number of amides is 2. The van der Waals surface area contributed by atoms with Crippen molar-refractivity contribution in [1.29, 1.82) is 0 Å². The molecule has 1 aromatic carbocycles. The Morgan fingerprint density at radius 2 is 1.82 bits per heavy atom. The Kier molecular flexibility index (Phi) is 6.28. The lowest BCUT2D eigenvalue weighted by molar-refractivity contribution is -0.136. The maximum Gasteiger partial charge on any atom is 0.313 e. The number of aliphatic hydroxyl groups is 1. The van der Waals surface area contributed by atoms with Gasteiger partial charge in [-0.25, -0.2) is 0 Å². The number of hydrogen-bond acceptors (Lipinski definition) is 5. The highest BCUT2D eigenvalue weighted by atomic mass is 32.1. The van der Waals surface area contributed by atoms with E-state index in [0.717, 1.165) is 5.56 Å². The van der Waals surface area contributed by atoms with E-state index in [1.165, 1.54) is 22.7 Å². The second-order valence-corrected chi connectivity index (χ2v) is 8.49. The van der Waals surface area contributed by atoms with Crippen molar-refractivity contribution in [3.8, 4) is 0 Å². The van der Waals surface area contributed by atoms with Crippen LogP contribution < -0.4 is 10.6 Å². The molecule has 0 radical (unpaired) electrons. The molecule has 2 amide bonds. The second kappa shape index (κ2) is 8.68. The van der Waals surface area contributed by atoms with Crippen molar-refractivity contribution in [3.63, 3.8) is 0 Å². The van der Waals surface area contributed by atoms with Gasteiger partial charge in [0.25, 0.3) is 0 Å². The van der Waals surface area contributed by atoms with E-state index in [-0.39, 0.29) is 6.54 Å². The normalized spacial score (nSPS) is 13.1. The van der Waals surface area contributed by atoms with Gasteiger partial charge in [-0.3, -0.25) is 9.59 Å². The molecule has 0 bridgehead atoms. The number of rotatable bonds is 6. The molecule has 3 N–H and O–H groups in total. The highest BCUT2D eigenvalue weighted by Crippen LogP contribution is 2.33. The lowest BCUT2D eigenvalue weighted by Crippen LogP contribution is -2.44. The number of nitrogens with one attached hydrogen (secondary N) is 2. The summed E-state index contributed by atoms with van der Waals surface area (Å²) in [6.45, 7) is 4.08. The van der Waals surface area contributed by atoms with Crippen LogP contribution in [-0.2, 0) is 15.2 Å². The molecule has 3 rings (SSSR count). The minimum absolute atomic E-state index is 0.0945. The van der Waals surface area contributed by atoms with Crippen molar-refractivity contribution >= 4 is 40.2 Å². The van der Waals surface area contributed by atoms with Crippen molar-refractivity contribution in [2.24, 2.45) is 0 Å². The standard InChI is InChI=1S/C21H22N2O3S2/c1-14(2)15-5-7-17(8-6-15)23-20(25)19(24)22-13-21(26,16-9-11-27-12-16)18-4-3-10-28-18/h3-12,14,26H,13H2,1-2H3,(H,22,24)(H,23,25). The first-order valence-electron chi connectivity index (χ1n) is 8.88. The van der Waals surface area contributed by atoms with Gasteiger partial charge in [-0.2, -0.15) is 11.3 Å². The lowest BCUT2D eigenvalue weighted by Gasteiger charge is -2.26. The van der Waals surface area contributed by atoms with Crippen LogP contribution in [0.5, 0.6) is 0 Å². The molecule has 7 heteroatoms. The van der Waals surface area contributed by atoms with Crippen molar-refractivity contribution in [2.45, 2.75) is 25.4 Å². The maximum atomic E-state index is 12.3.